The summed E-state index contributed by atoms with van der Waals surface area (Å²) in [6.07, 6.45) is 8.09. The standard InChI is InChI=1S/C10H21NOP/c1-3-13(4-2)10-8-6-5-7-9(10)11-12-13/h9-11H,3-8H2,1-2H3/q+1. The van der Waals surface area contributed by atoms with Gasteiger partial charge in [0.05, 0.1) is 18.4 Å². The third-order valence-electron chi connectivity index (χ3n) is 3.79. The fraction of sp³-hybridized carbons (Fsp3) is 1.00. The zero-order valence-electron chi connectivity index (χ0n) is 8.75. The van der Waals surface area contributed by atoms with Crippen molar-refractivity contribution in [3.05, 3.63) is 0 Å². The highest BCUT2D eigenvalue weighted by atomic mass is 31.2. The molecule has 2 atom stereocenters. The topological polar surface area (TPSA) is 21.3 Å². The Morgan fingerprint density at radius 1 is 1.23 bits per heavy atom. The van der Waals surface area contributed by atoms with Crippen molar-refractivity contribution in [2.45, 2.75) is 51.2 Å². The van der Waals surface area contributed by atoms with Crippen LogP contribution in [0.1, 0.15) is 39.5 Å². The van der Waals surface area contributed by atoms with E-state index >= 15 is 0 Å². The van der Waals surface area contributed by atoms with Crippen LogP contribution in [0, 0.1) is 0 Å². The van der Waals surface area contributed by atoms with E-state index in [4.69, 9.17) is 4.62 Å². The first-order valence-corrected chi connectivity index (χ1v) is 7.78. The van der Waals surface area contributed by atoms with Gasteiger partial charge in [0.1, 0.15) is 5.66 Å². The van der Waals surface area contributed by atoms with Crippen LogP contribution in [0.3, 0.4) is 0 Å². The molecule has 0 radical (unpaired) electrons. The van der Waals surface area contributed by atoms with E-state index in [-0.39, 0.29) is 0 Å². The summed E-state index contributed by atoms with van der Waals surface area (Å²) in [5, 5.41) is 0. The molecule has 3 heteroatoms. The second kappa shape index (κ2) is 3.84. The van der Waals surface area contributed by atoms with Gasteiger partial charge < -0.3 is 0 Å². The Bertz CT molecular complexity index is 182. The summed E-state index contributed by atoms with van der Waals surface area (Å²) in [7, 11) is -1.05. The van der Waals surface area contributed by atoms with Gasteiger partial charge in [0, 0.05) is 0 Å². The lowest BCUT2D eigenvalue weighted by Gasteiger charge is -2.27. The zero-order chi connectivity index (χ0) is 9.31. The predicted molar refractivity (Wildman–Crippen MR) is 58.3 cm³/mol. The minimum absolute atomic E-state index is 0.696. The lowest BCUT2D eigenvalue weighted by atomic mass is 9.96. The smallest absolute Gasteiger partial charge is 0.156 e. The summed E-state index contributed by atoms with van der Waals surface area (Å²) in [5.41, 5.74) is 4.19. The van der Waals surface area contributed by atoms with Crippen molar-refractivity contribution in [1.29, 1.82) is 0 Å². The van der Waals surface area contributed by atoms with Gasteiger partial charge in [0.2, 0.25) is 0 Å². The van der Waals surface area contributed by atoms with E-state index in [0.717, 1.165) is 5.66 Å². The lowest BCUT2D eigenvalue weighted by Crippen LogP contribution is -2.33. The van der Waals surface area contributed by atoms with Gasteiger partial charge in [-0.3, -0.25) is 0 Å². The van der Waals surface area contributed by atoms with Crippen LogP contribution in [-0.4, -0.2) is 24.0 Å². The average molecular weight is 202 g/mol. The summed E-state index contributed by atoms with van der Waals surface area (Å²) >= 11 is 0. The molecular formula is C10H21NOP+. The van der Waals surface area contributed by atoms with E-state index in [2.05, 4.69) is 19.3 Å². The van der Waals surface area contributed by atoms with Gasteiger partial charge in [0.15, 0.2) is 7.49 Å². The lowest BCUT2D eigenvalue weighted by molar-refractivity contribution is 0.194. The predicted octanol–water partition coefficient (Wildman–Crippen LogP) is 2.80. The largest absolute Gasteiger partial charge is 0.174 e. The normalized spacial score (nSPS) is 37.4. The monoisotopic (exact) mass is 202 g/mol. The van der Waals surface area contributed by atoms with Gasteiger partial charge in [0.25, 0.3) is 0 Å². The number of rotatable bonds is 2. The second-order valence-electron chi connectivity index (χ2n) is 4.25. The number of hydrogen-bond acceptors (Lipinski definition) is 2. The van der Waals surface area contributed by atoms with Crippen LogP contribution in [0.25, 0.3) is 0 Å². The SMILES string of the molecule is CC[P+]1(CC)ONC2CCCCC21. The minimum atomic E-state index is -1.05. The molecule has 2 fully saturated rings. The zero-order valence-corrected chi connectivity index (χ0v) is 9.65. The fourth-order valence-corrected chi connectivity index (χ4v) is 6.52. The Morgan fingerprint density at radius 3 is 2.62 bits per heavy atom. The van der Waals surface area contributed by atoms with E-state index in [1.54, 1.807) is 0 Å². The van der Waals surface area contributed by atoms with Crippen molar-refractivity contribution in [2.75, 3.05) is 12.3 Å². The van der Waals surface area contributed by atoms with Crippen LogP contribution >= 0.6 is 7.49 Å². The molecule has 2 nitrogen and oxygen atoms in total. The van der Waals surface area contributed by atoms with Crippen LogP contribution in [0.15, 0.2) is 0 Å². The van der Waals surface area contributed by atoms with Crippen LogP contribution in [0.5, 0.6) is 0 Å². The quantitative estimate of drug-likeness (QED) is 0.695. The minimum Gasteiger partial charge on any atom is -0.156 e. The van der Waals surface area contributed by atoms with Crippen LogP contribution in [0.4, 0.5) is 0 Å². The molecule has 2 aliphatic rings. The summed E-state index contributed by atoms with van der Waals surface area (Å²) in [4.78, 5) is 0. The third-order valence-corrected chi connectivity index (χ3v) is 8.23. The molecule has 0 spiro atoms. The van der Waals surface area contributed by atoms with Gasteiger partial charge in [-0.1, -0.05) is 6.42 Å². The number of fused-ring (bicyclic) bond motifs is 1. The maximum absolute atomic E-state index is 5.95. The Labute approximate surface area is 81.8 Å². The first-order valence-electron chi connectivity index (χ1n) is 5.63. The van der Waals surface area contributed by atoms with Gasteiger partial charge in [-0.25, -0.2) is 0 Å². The first kappa shape index (κ1) is 9.89. The number of hydrogen-bond donors (Lipinski definition) is 1. The molecule has 0 aromatic heterocycles. The van der Waals surface area contributed by atoms with Gasteiger partial charge in [-0.05, 0) is 33.1 Å². The summed E-state index contributed by atoms with van der Waals surface area (Å²) in [5.74, 6) is 0. The van der Waals surface area contributed by atoms with Crippen molar-refractivity contribution >= 4 is 7.49 Å². The van der Waals surface area contributed by atoms with Crippen molar-refractivity contribution < 1.29 is 4.62 Å². The molecule has 76 valence electrons. The van der Waals surface area contributed by atoms with Crippen molar-refractivity contribution in [3.63, 3.8) is 0 Å². The van der Waals surface area contributed by atoms with E-state index in [1.165, 1.54) is 38.0 Å². The highest BCUT2D eigenvalue weighted by Gasteiger charge is 2.55. The molecule has 13 heavy (non-hydrogen) atoms. The molecule has 0 amide bonds. The fourth-order valence-electron chi connectivity index (χ4n) is 2.87. The Kier molecular flexibility index (Phi) is 2.92. The highest BCUT2D eigenvalue weighted by molar-refractivity contribution is 7.72. The third kappa shape index (κ3) is 1.54. The molecule has 1 N–H and O–H groups in total. The van der Waals surface area contributed by atoms with Crippen molar-refractivity contribution in [2.24, 2.45) is 0 Å². The van der Waals surface area contributed by atoms with Gasteiger partial charge in [-0.15, -0.1) is 0 Å². The van der Waals surface area contributed by atoms with E-state index in [0.29, 0.717) is 6.04 Å². The molecule has 0 bridgehead atoms. The second-order valence-corrected chi connectivity index (χ2v) is 8.27. The summed E-state index contributed by atoms with van der Waals surface area (Å²) in [6, 6.07) is 0.696. The molecule has 1 saturated heterocycles. The molecule has 1 aliphatic carbocycles. The van der Waals surface area contributed by atoms with Gasteiger partial charge >= 0.3 is 0 Å². The molecule has 0 aromatic carbocycles. The average Bonchev–Trinajstić information content (AvgIpc) is 2.58. The Balaban J connectivity index is 2.13. The van der Waals surface area contributed by atoms with Gasteiger partial charge in [-0.2, -0.15) is 10.1 Å². The molecule has 0 aromatic rings. The van der Waals surface area contributed by atoms with Crippen molar-refractivity contribution in [3.8, 4) is 0 Å². The molecule has 2 rings (SSSR count). The van der Waals surface area contributed by atoms with E-state index in [9.17, 15) is 0 Å². The van der Waals surface area contributed by atoms with Crippen LogP contribution < -0.4 is 5.48 Å². The van der Waals surface area contributed by atoms with Crippen LogP contribution in [0.2, 0.25) is 0 Å². The molecule has 1 aliphatic heterocycles. The summed E-state index contributed by atoms with van der Waals surface area (Å²) < 4.78 is 5.95. The van der Waals surface area contributed by atoms with E-state index in [1.807, 2.05) is 0 Å². The van der Waals surface area contributed by atoms with E-state index < -0.39 is 7.49 Å². The number of nitrogens with one attached hydrogen (secondary N) is 1. The molecule has 1 heterocycles. The van der Waals surface area contributed by atoms with Crippen molar-refractivity contribution in [1.82, 2.24) is 5.48 Å². The molecular weight excluding hydrogens is 181 g/mol. The first-order chi connectivity index (χ1) is 6.32. The highest BCUT2D eigenvalue weighted by Crippen LogP contribution is 2.69. The maximum atomic E-state index is 5.95. The molecule has 2 unspecified atom stereocenters. The van der Waals surface area contributed by atoms with Crippen LogP contribution in [-0.2, 0) is 4.62 Å². The maximum Gasteiger partial charge on any atom is 0.174 e. The number of hydroxylamine groups is 1. The Hall–Kier alpha value is 0.350. The summed E-state index contributed by atoms with van der Waals surface area (Å²) in [6.45, 7) is 4.60. The molecule has 1 saturated carbocycles. The Morgan fingerprint density at radius 2 is 1.92 bits per heavy atom.